The van der Waals surface area contributed by atoms with Gasteiger partial charge in [0.25, 0.3) is 0 Å². The Morgan fingerprint density at radius 3 is 2.81 bits per heavy atom. The second-order valence-electron chi connectivity index (χ2n) is 3.58. The molecule has 0 atom stereocenters. The molecule has 0 saturated heterocycles. The molecule has 1 N–H and O–H groups in total. The summed E-state index contributed by atoms with van der Waals surface area (Å²) in [6.45, 7) is 3.28. The van der Waals surface area contributed by atoms with Crippen LogP contribution in [0.4, 0.5) is 0 Å². The summed E-state index contributed by atoms with van der Waals surface area (Å²) in [5.41, 5.74) is 1.38. The van der Waals surface area contributed by atoms with Gasteiger partial charge in [-0.1, -0.05) is 24.6 Å². The van der Waals surface area contributed by atoms with E-state index >= 15 is 0 Å². The van der Waals surface area contributed by atoms with Gasteiger partial charge in [-0.2, -0.15) is 0 Å². The first-order chi connectivity index (χ1) is 7.56. The second-order valence-corrected chi connectivity index (χ2v) is 5.75. The lowest BCUT2D eigenvalue weighted by Crippen LogP contribution is -2.15. The zero-order valence-corrected chi connectivity index (χ0v) is 10.4. The SMILES string of the molecule is CCNCC1=CS(=O)(=O)c2cccc(Cl)c21. The van der Waals surface area contributed by atoms with E-state index in [1.54, 1.807) is 18.2 Å². The van der Waals surface area contributed by atoms with Crippen LogP contribution in [0.1, 0.15) is 12.5 Å². The lowest BCUT2D eigenvalue weighted by atomic mass is 10.1. The van der Waals surface area contributed by atoms with Crippen molar-refractivity contribution in [2.45, 2.75) is 11.8 Å². The quantitative estimate of drug-likeness (QED) is 0.902. The van der Waals surface area contributed by atoms with E-state index in [-0.39, 0.29) is 0 Å². The van der Waals surface area contributed by atoms with Crippen LogP contribution in [0.25, 0.3) is 5.57 Å². The Bertz CT molecular complexity index is 549. The second kappa shape index (κ2) is 4.20. The molecule has 16 heavy (non-hydrogen) atoms. The maximum Gasteiger partial charge on any atom is 0.200 e. The predicted octanol–water partition coefficient (Wildman–Crippen LogP) is 2.08. The molecule has 0 amide bonds. The maximum atomic E-state index is 11.8. The van der Waals surface area contributed by atoms with E-state index in [1.807, 2.05) is 6.92 Å². The molecule has 1 aliphatic rings. The molecule has 0 spiro atoms. The van der Waals surface area contributed by atoms with Gasteiger partial charge in [-0.05, 0) is 24.3 Å². The Kier molecular flexibility index (Phi) is 3.06. The Morgan fingerprint density at radius 2 is 2.12 bits per heavy atom. The molecule has 0 fully saturated rings. The Labute approximate surface area is 100 Å². The molecule has 1 aromatic carbocycles. The molecule has 1 heterocycles. The summed E-state index contributed by atoms with van der Waals surface area (Å²) in [5.74, 6) is 0. The topological polar surface area (TPSA) is 46.2 Å². The van der Waals surface area contributed by atoms with E-state index in [2.05, 4.69) is 5.32 Å². The monoisotopic (exact) mass is 257 g/mol. The highest BCUT2D eigenvalue weighted by atomic mass is 35.5. The van der Waals surface area contributed by atoms with E-state index in [9.17, 15) is 8.42 Å². The van der Waals surface area contributed by atoms with E-state index in [1.165, 1.54) is 5.41 Å². The third-order valence-electron chi connectivity index (χ3n) is 2.47. The van der Waals surface area contributed by atoms with Crippen molar-refractivity contribution in [1.82, 2.24) is 5.32 Å². The molecule has 0 aliphatic carbocycles. The minimum absolute atomic E-state index is 0.313. The first-order valence-corrected chi connectivity index (χ1v) is 6.94. The van der Waals surface area contributed by atoms with Gasteiger partial charge in [0.15, 0.2) is 0 Å². The van der Waals surface area contributed by atoms with Crippen LogP contribution >= 0.6 is 11.6 Å². The molecule has 0 bridgehead atoms. The number of halogens is 1. The number of benzene rings is 1. The molecule has 1 aliphatic heterocycles. The van der Waals surface area contributed by atoms with Gasteiger partial charge in [0.2, 0.25) is 9.84 Å². The molecule has 3 nitrogen and oxygen atoms in total. The number of sulfone groups is 1. The fourth-order valence-corrected chi connectivity index (χ4v) is 3.60. The predicted molar refractivity (Wildman–Crippen MR) is 65.2 cm³/mol. The Morgan fingerprint density at radius 1 is 1.38 bits per heavy atom. The van der Waals surface area contributed by atoms with Crippen molar-refractivity contribution < 1.29 is 8.42 Å². The van der Waals surface area contributed by atoms with Gasteiger partial charge < -0.3 is 5.32 Å². The largest absolute Gasteiger partial charge is 0.313 e. The van der Waals surface area contributed by atoms with E-state index < -0.39 is 9.84 Å². The number of hydrogen-bond acceptors (Lipinski definition) is 3. The van der Waals surface area contributed by atoms with Gasteiger partial charge in [0, 0.05) is 22.5 Å². The number of hydrogen-bond donors (Lipinski definition) is 1. The Hall–Kier alpha value is -0.840. The molecule has 5 heteroatoms. The average molecular weight is 258 g/mol. The first kappa shape index (κ1) is 11.6. The van der Waals surface area contributed by atoms with Gasteiger partial charge in [-0.15, -0.1) is 0 Å². The van der Waals surface area contributed by atoms with Crippen molar-refractivity contribution in [1.29, 1.82) is 0 Å². The van der Waals surface area contributed by atoms with E-state index in [4.69, 9.17) is 11.6 Å². The zero-order chi connectivity index (χ0) is 11.8. The van der Waals surface area contributed by atoms with Crippen molar-refractivity contribution in [3.8, 4) is 0 Å². The maximum absolute atomic E-state index is 11.8. The molecule has 0 unspecified atom stereocenters. The lowest BCUT2D eigenvalue weighted by molar-refractivity contribution is 0.605. The highest BCUT2D eigenvalue weighted by molar-refractivity contribution is 7.95. The van der Waals surface area contributed by atoms with Crippen LogP contribution in [0.3, 0.4) is 0 Å². The lowest BCUT2D eigenvalue weighted by Gasteiger charge is -2.06. The summed E-state index contributed by atoms with van der Waals surface area (Å²) in [6, 6.07) is 4.95. The molecule has 1 aromatic rings. The average Bonchev–Trinajstić information content (AvgIpc) is 2.49. The number of fused-ring (bicyclic) bond motifs is 1. The van der Waals surface area contributed by atoms with Crippen LogP contribution in [0, 0.1) is 0 Å². The zero-order valence-electron chi connectivity index (χ0n) is 8.83. The third-order valence-corrected chi connectivity index (χ3v) is 4.33. The van der Waals surface area contributed by atoms with Gasteiger partial charge in [-0.3, -0.25) is 0 Å². The summed E-state index contributed by atoms with van der Waals surface area (Å²) in [4.78, 5) is 0.313. The minimum atomic E-state index is -3.29. The summed E-state index contributed by atoms with van der Waals surface area (Å²) >= 11 is 6.04. The molecule has 0 radical (unpaired) electrons. The molecular weight excluding hydrogens is 246 g/mol. The summed E-state index contributed by atoms with van der Waals surface area (Å²) < 4.78 is 23.6. The van der Waals surface area contributed by atoms with Crippen LogP contribution in [0.5, 0.6) is 0 Å². The standard InChI is InChI=1S/C11H12ClNO2S/c1-2-13-6-8-7-16(14,15)10-5-3-4-9(12)11(8)10/h3-5,7,13H,2,6H2,1H3. The summed E-state index contributed by atoms with van der Waals surface area (Å²) in [7, 11) is -3.29. The number of likely N-dealkylation sites (N-methyl/N-ethyl adjacent to an activating group) is 1. The van der Waals surface area contributed by atoms with Crippen molar-refractivity contribution in [3.63, 3.8) is 0 Å². The third kappa shape index (κ3) is 1.88. The van der Waals surface area contributed by atoms with Gasteiger partial charge in [0.05, 0.1) is 4.90 Å². The number of nitrogens with one attached hydrogen (secondary N) is 1. The molecular formula is C11H12ClNO2S. The molecule has 2 rings (SSSR count). The van der Waals surface area contributed by atoms with Crippen LogP contribution in [-0.4, -0.2) is 21.5 Å². The van der Waals surface area contributed by atoms with Crippen LogP contribution in [0.15, 0.2) is 28.5 Å². The Balaban J connectivity index is 2.53. The van der Waals surface area contributed by atoms with Crippen molar-refractivity contribution in [3.05, 3.63) is 34.2 Å². The van der Waals surface area contributed by atoms with Crippen molar-refractivity contribution >= 4 is 27.0 Å². The number of rotatable bonds is 3. The normalized spacial score (nSPS) is 17.0. The minimum Gasteiger partial charge on any atom is -0.313 e. The molecule has 86 valence electrons. The van der Waals surface area contributed by atoms with E-state index in [0.717, 1.165) is 12.1 Å². The molecule has 0 saturated carbocycles. The smallest absolute Gasteiger partial charge is 0.200 e. The van der Waals surface area contributed by atoms with Crippen molar-refractivity contribution in [2.75, 3.05) is 13.1 Å². The van der Waals surface area contributed by atoms with Crippen LogP contribution < -0.4 is 5.32 Å². The summed E-state index contributed by atoms with van der Waals surface area (Å²) in [5, 5.41) is 4.89. The fraction of sp³-hybridized carbons (Fsp3) is 0.273. The van der Waals surface area contributed by atoms with Gasteiger partial charge >= 0.3 is 0 Å². The fourth-order valence-electron chi connectivity index (χ4n) is 1.75. The van der Waals surface area contributed by atoms with Crippen LogP contribution in [-0.2, 0) is 9.84 Å². The molecule has 0 aromatic heterocycles. The van der Waals surface area contributed by atoms with Crippen LogP contribution in [0.2, 0.25) is 5.02 Å². The highest BCUT2D eigenvalue weighted by Gasteiger charge is 2.28. The van der Waals surface area contributed by atoms with Crippen molar-refractivity contribution in [2.24, 2.45) is 0 Å². The van der Waals surface area contributed by atoms with Gasteiger partial charge in [0.1, 0.15) is 0 Å². The van der Waals surface area contributed by atoms with E-state index in [0.29, 0.717) is 22.0 Å². The first-order valence-electron chi connectivity index (χ1n) is 5.01. The van der Waals surface area contributed by atoms with Gasteiger partial charge in [-0.25, -0.2) is 8.42 Å². The highest BCUT2D eigenvalue weighted by Crippen LogP contribution is 2.37. The summed E-state index contributed by atoms with van der Waals surface area (Å²) in [6.07, 6.45) is 0.